The molecule has 3 heterocycles. The van der Waals surface area contributed by atoms with Crippen LogP contribution < -0.4 is 14.8 Å². The average molecular weight is 427 g/mol. The van der Waals surface area contributed by atoms with E-state index in [-0.39, 0.29) is 0 Å². The Morgan fingerprint density at radius 1 is 1.07 bits per heavy atom. The van der Waals surface area contributed by atoms with Crippen LogP contribution in [0.4, 0.5) is 5.13 Å². The lowest BCUT2D eigenvalue weighted by molar-refractivity contribution is 0.393. The summed E-state index contributed by atoms with van der Waals surface area (Å²) in [5.74, 6) is 1.54. The second-order valence-corrected chi connectivity index (χ2v) is 8.32. The lowest BCUT2D eigenvalue weighted by Crippen LogP contribution is -2.00. The van der Waals surface area contributed by atoms with Crippen LogP contribution in [0.1, 0.15) is 16.8 Å². The predicted molar refractivity (Wildman–Crippen MR) is 118 cm³/mol. The van der Waals surface area contributed by atoms with E-state index < -0.39 is 0 Å². The van der Waals surface area contributed by atoms with Gasteiger partial charge in [-0.25, -0.2) is 4.98 Å². The van der Waals surface area contributed by atoms with Crippen molar-refractivity contribution in [1.29, 1.82) is 0 Å². The van der Waals surface area contributed by atoms with Gasteiger partial charge in [0, 0.05) is 18.8 Å². The molecule has 0 aliphatic rings. The maximum absolute atomic E-state index is 5.34. The molecule has 0 aliphatic carbocycles. The van der Waals surface area contributed by atoms with Gasteiger partial charge in [-0.3, -0.25) is 4.68 Å². The van der Waals surface area contributed by atoms with Crippen molar-refractivity contribution in [3.63, 3.8) is 0 Å². The number of nitrogens with zero attached hydrogens (tertiary/aromatic N) is 3. The van der Waals surface area contributed by atoms with Crippen LogP contribution >= 0.6 is 22.7 Å². The Bertz CT molecular complexity index is 1060. The Morgan fingerprint density at radius 3 is 2.55 bits per heavy atom. The minimum absolute atomic E-state index is 0.631. The summed E-state index contributed by atoms with van der Waals surface area (Å²) in [6.07, 6.45) is 2.02. The SMILES string of the molecule is COc1cc(CNc2nc(C)c(-c3ccn(Cc4ccsc4)n3)s2)cc(OC)c1. The minimum Gasteiger partial charge on any atom is -0.497 e. The summed E-state index contributed by atoms with van der Waals surface area (Å²) in [5, 5.41) is 13.2. The lowest BCUT2D eigenvalue weighted by Gasteiger charge is -2.08. The molecule has 0 unspecified atom stereocenters. The number of hydrogen-bond donors (Lipinski definition) is 1. The number of thiazole rings is 1. The Balaban J connectivity index is 1.46. The number of benzene rings is 1. The van der Waals surface area contributed by atoms with Gasteiger partial charge in [0.15, 0.2) is 5.13 Å². The maximum Gasteiger partial charge on any atom is 0.183 e. The quantitative estimate of drug-likeness (QED) is 0.427. The zero-order valence-corrected chi connectivity index (χ0v) is 18.1. The fourth-order valence-corrected chi connectivity index (χ4v) is 4.58. The number of nitrogens with one attached hydrogen (secondary N) is 1. The zero-order chi connectivity index (χ0) is 20.2. The molecule has 3 aromatic heterocycles. The van der Waals surface area contributed by atoms with Crippen LogP contribution in [0, 0.1) is 6.92 Å². The second-order valence-electron chi connectivity index (χ2n) is 6.54. The average Bonchev–Trinajstić information content (AvgIpc) is 3.48. The monoisotopic (exact) mass is 426 g/mol. The van der Waals surface area contributed by atoms with Gasteiger partial charge in [0.25, 0.3) is 0 Å². The van der Waals surface area contributed by atoms with Crippen molar-refractivity contribution in [1.82, 2.24) is 14.8 Å². The molecular formula is C21H22N4O2S2. The van der Waals surface area contributed by atoms with Crippen LogP contribution in [-0.2, 0) is 13.1 Å². The third-order valence-electron chi connectivity index (χ3n) is 4.45. The molecule has 0 aliphatic heterocycles. The van der Waals surface area contributed by atoms with Crippen LogP contribution in [0.25, 0.3) is 10.6 Å². The number of aromatic nitrogens is 3. The maximum atomic E-state index is 5.34. The number of ether oxygens (including phenoxy) is 2. The van der Waals surface area contributed by atoms with E-state index in [1.165, 1.54) is 5.56 Å². The molecule has 0 saturated carbocycles. The normalized spacial score (nSPS) is 10.9. The standard InChI is InChI=1S/C21H22N4O2S2/c1-14-20(19-4-6-25(24-19)12-15-5-7-28-13-15)29-21(23-14)22-11-16-8-17(26-2)10-18(9-16)27-3/h4-10,13H,11-12H2,1-3H3,(H,22,23). The van der Waals surface area contributed by atoms with E-state index in [0.29, 0.717) is 6.54 Å². The van der Waals surface area contributed by atoms with Crippen molar-refractivity contribution < 1.29 is 9.47 Å². The summed E-state index contributed by atoms with van der Waals surface area (Å²) in [6.45, 7) is 3.43. The summed E-state index contributed by atoms with van der Waals surface area (Å²) >= 11 is 3.32. The van der Waals surface area contributed by atoms with Gasteiger partial charge in [-0.05, 0) is 53.1 Å². The van der Waals surface area contributed by atoms with E-state index in [9.17, 15) is 0 Å². The first kappa shape index (κ1) is 19.5. The minimum atomic E-state index is 0.631. The van der Waals surface area contributed by atoms with Crippen molar-refractivity contribution in [3.05, 3.63) is 64.1 Å². The van der Waals surface area contributed by atoms with E-state index in [0.717, 1.165) is 45.0 Å². The molecule has 6 nitrogen and oxygen atoms in total. The Kier molecular flexibility index (Phi) is 5.82. The molecule has 0 radical (unpaired) electrons. The fourth-order valence-electron chi connectivity index (χ4n) is 3.00. The summed E-state index contributed by atoms with van der Waals surface area (Å²) in [4.78, 5) is 5.75. The third-order valence-corrected chi connectivity index (χ3v) is 6.32. The van der Waals surface area contributed by atoms with Crippen molar-refractivity contribution in [2.24, 2.45) is 0 Å². The largest absolute Gasteiger partial charge is 0.497 e. The van der Waals surface area contributed by atoms with Gasteiger partial charge in [0.1, 0.15) is 17.2 Å². The van der Waals surface area contributed by atoms with Crippen molar-refractivity contribution in [2.75, 3.05) is 19.5 Å². The molecule has 0 saturated heterocycles. The van der Waals surface area contributed by atoms with Gasteiger partial charge < -0.3 is 14.8 Å². The molecule has 29 heavy (non-hydrogen) atoms. The highest BCUT2D eigenvalue weighted by molar-refractivity contribution is 7.19. The first-order valence-electron chi connectivity index (χ1n) is 9.13. The number of aryl methyl sites for hydroxylation is 1. The molecule has 4 aromatic rings. The smallest absolute Gasteiger partial charge is 0.183 e. The van der Waals surface area contributed by atoms with Crippen LogP contribution in [0.5, 0.6) is 11.5 Å². The van der Waals surface area contributed by atoms with Gasteiger partial charge in [-0.15, -0.1) is 0 Å². The lowest BCUT2D eigenvalue weighted by atomic mass is 10.2. The number of methoxy groups -OCH3 is 2. The molecule has 0 spiro atoms. The number of thiophene rings is 1. The van der Waals surface area contributed by atoms with Crippen LogP contribution in [0.2, 0.25) is 0 Å². The van der Waals surface area contributed by atoms with Gasteiger partial charge in [0.05, 0.1) is 31.3 Å². The van der Waals surface area contributed by atoms with E-state index in [2.05, 4.69) is 27.1 Å². The van der Waals surface area contributed by atoms with Gasteiger partial charge in [-0.1, -0.05) is 11.3 Å². The van der Waals surface area contributed by atoms with Gasteiger partial charge >= 0.3 is 0 Å². The molecule has 1 aromatic carbocycles. The van der Waals surface area contributed by atoms with Crippen LogP contribution in [0.15, 0.2) is 47.3 Å². The highest BCUT2D eigenvalue weighted by Crippen LogP contribution is 2.32. The first-order valence-corrected chi connectivity index (χ1v) is 10.9. The van der Waals surface area contributed by atoms with Gasteiger partial charge in [0.2, 0.25) is 0 Å². The van der Waals surface area contributed by atoms with Crippen molar-refractivity contribution in [3.8, 4) is 22.1 Å². The highest BCUT2D eigenvalue weighted by atomic mass is 32.1. The zero-order valence-electron chi connectivity index (χ0n) is 16.5. The van der Waals surface area contributed by atoms with Gasteiger partial charge in [-0.2, -0.15) is 16.4 Å². The molecule has 0 atom stereocenters. The molecule has 8 heteroatoms. The highest BCUT2D eigenvalue weighted by Gasteiger charge is 2.13. The number of anilines is 1. The molecule has 4 rings (SSSR count). The van der Waals surface area contributed by atoms with E-state index in [1.807, 2.05) is 42.1 Å². The molecular weight excluding hydrogens is 404 g/mol. The first-order chi connectivity index (χ1) is 14.1. The summed E-state index contributed by atoms with van der Waals surface area (Å²) in [5.41, 5.74) is 4.25. The van der Waals surface area contributed by atoms with Crippen molar-refractivity contribution in [2.45, 2.75) is 20.0 Å². The molecule has 0 amide bonds. The fraction of sp³-hybridized carbons (Fsp3) is 0.238. The predicted octanol–water partition coefficient (Wildman–Crippen LogP) is 5.05. The number of hydrogen-bond acceptors (Lipinski definition) is 7. The summed E-state index contributed by atoms with van der Waals surface area (Å²) < 4.78 is 12.6. The Hall–Kier alpha value is -2.84. The topological polar surface area (TPSA) is 61.2 Å². The molecule has 1 N–H and O–H groups in total. The molecule has 150 valence electrons. The van der Waals surface area contributed by atoms with Crippen LogP contribution in [-0.4, -0.2) is 29.0 Å². The van der Waals surface area contributed by atoms with Crippen LogP contribution in [0.3, 0.4) is 0 Å². The summed E-state index contributed by atoms with van der Waals surface area (Å²) in [6, 6.07) is 10.0. The Labute approximate surface area is 177 Å². The third kappa shape index (κ3) is 4.60. The Morgan fingerprint density at radius 2 is 1.86 bits per heavy atom. The van der Waals surface area contributed by atoms with E-state index in [1.54, 1.807) is 36.9 Å². The van der Waals surface area contributed by atoms with E-state index >= 15 is 0 Å². The molecule has 0 fully saturated rings. The molecule has 0 bridgehead atoms. The second kappa shape index (κ2) is 8.67. The van der Waals surface area contributed by atoms with E-state index in [4.69, 9.17) is 14.6 Å². The van der Waals surface area contributed by atoms with Crippen molar-refractivity contribution >= 4 is 27.8 Å². The summed E-state index contributed by atoms with van der Waals surface area (Å²) in [7, 11) is 3.31. The number of rotatable bonds is 8.